The largest absolute Gasteiger partial charge is 0.479 e. The minimum absolute atomic E-state index is 0.573. The maximum Gasteiger partial charge on any atom is 0.186 e. The quantitative estimate of drug-likeness (QED) is 0.502. The molecule has 2 aliphatic heterocycles. The van der Waals surface area contributed by atoms with E-state index in [-0.39, 0.29) is 0 Å². The third kappa shape index (κ3) is 6.37. The van der Waals surface area contributed by atoms with Gasteiger partial charge in [0.05, 0.1) is 13.1 Å². The van der Waals surface area contributed by atoms with Crippen molar-refractivity contribution < 1.29 is 9.47 Å². The molecule has 22 heavy (non-hydrogen) atoms. The van der Waals surface area contributed by atoms with Crippen LogP contribution in [-0.4, -0.2) is 38.1 Å². The minimum atomic E-state index is 0.573. The molecular formula is C18H32N2O2. The van der Waals surface area contributed by atoms with E-state index in [1.165, 1.54) is 57.8 Å². The summed E-state index contributed by atoms with van der Waals surface area (Å²) in [6.07, 6.45) is 12.5. The maximum absolute atomic E-state index is 5.69. The van der Waals surface area contributed by atoms with E-state index in [0.29, 0.717) is 5.92 Å². The lowest BCUT2D eigenvalue weighted by Gasteiger charge is -2.16. The van der Waals surface area contributed by atoms with Crippen molar-refractivity contribution in [1.82, 2.24) is 0 Å². The molecule has 0 amide bonds. The first-order valence-electron chi connectivity index (χ1n) is 9.23. The number of hydrogen-bond acceptors (Lipinski definition) is 4. The second kappa shape index (κ2) is 10.6. The van der Waals surface area contributed by atoms with Crippen molar-refractivity contribution in [3.05, 3.63) is 0 Å². The molecule has 2 aliphatic rings. The summed E-state index contributed by atoms with van der Waals surface area (Å²) in [5.74, 6) is 2.60. The van der Waals surface area contributed by atoms with Crippen molar-refractivity contribution in [2.75, 3.05) is 26.3 Å². The van der Waals surface area contributed by atoms with Gasteiger partial charge < -0.3 is 9.47 Å². The molecule has 0 fully saturated rings. The van der Waals surface area contributed by atoms with E-state index in [9.17, 15) is 0 Å². The Kier molecular flexibility index (Phi) is 8.36. The number of ether oxygens (including phenoxy) is 2. The lowest BCUT2D eigenvalue weighted by atomic mass is 9.95. The zero-order valence-corrected chi connectivity index (χ0v) is 14.2. The number of nitrogens with zero attached hydrogens (tertiary/aromatic N) is 2. The highest BCUT2D eigenvalue weighted by Crippen LogP contribution is 2.22. The Bertz CT molecular complexity index is 366. The fourth-order valence-corrected chi connectivity index (χ4v) is 3.17. The van der Waals surface area contributed by atoms with Crippen LogP contribution in [0.5, 0.6) is 0 Å². The van der Waals surface area contributed by atoms with Gasteiger partial charge in [-0.25, -0.2) is 0 Å². The molecule has 0 aromatic carbocycles. The van der Waals surface area contributed by atoms with Gasteiger partial charge in [0.15, 0.2) is 11.8 Å². The summed E-state index contributed by atoms with van der Waals surface area (Å²) in [5.41, 5.74) is 0. The van der Waals surface area contributed by atoms with E-state index in [2.05, 4.69) is 16.9 Å². The number of rotatable bonds is 12. The topological polar surface area (TPSA) is 43.2 Å². The van der Waals surface area contributed by atoms with Gasteiger partial charge >= 0.3 is 0 Å². The molecule has 126 valence electrons. The predicted octanol–water partition coefficient (Wildman–Crippen LogP) is 4.38. The van der Waals surface area contributed by atoms with Crippen molar-refractivity contribution in [1.29, 1.82) is 0 Å². The van der Waals surface area contributed by atoms with Gasteiger partial charge in [0.25, 0.3) is 0 Å². The first-order chi connectivity index (χ1) is 10.9. The average Bonchev–Trinajstić information content (AvgIpc) is 3.22. The number of unbranched alkanes of at least 4 members (excludes halogenated alkanes) is 5. The molecule has 0 spiro atoms. The van der Waals surface area contributed by atoms with Crippen LogP contribution in [0.15, 0.2) is 9.98 Å². The van der Waals surface area contributed by atoms with Crippen LogP contribution in [0.3, 0.4) is 0 Å². The molecule has 4 heteroatoms. The molecule has 0 aromatic heterocycles. The van der Waals surface area contributed by atoms with Crippen LogP contribution in [0.2, 0.25) is 0 Å². The zero-order chi connectivity index (χ0) is 15.5. The Balaban J connectivity index is 1.51. The summed E-state index contributed by atoms with van der Waals surface area (Å²) in [4.78, 5) is 8.86. The molecule has 0 aromatic rings. The van der Waals surface area contributed by atoms with Crippen LogP contribution < -0.4 is 0 Å². The van der Waals surface area contributed by atoms with Gasteiger partial charge in [-0.1, -0.05) is 45.4 Å². The highest BCUT2D eigenvalue weighted by molar-refractivity contribution is 5.79. The van der Waals surface area contributed by atoms with Gasteiger partial charge in [-0.3, -0.25) is 9.98 Å². The Labute approximate surface area is 135 Å². The van der Waals surface area contributed by atoms with Crippen molar-refractivity contribution in [2.24, 2.45) is 15.9 Å². The first-order valence-corrected chi connectivity index (χ1v) is 9.23. The second-order valence-corrected chi connectivity index (χ2v) is 6.34. The molecule has 0 aliphatic carbocycles. The van der Waals surface area contributed by atoms with E-state index in [4.69, 9.17) is 9.47 Å². The Morgan fingerprint density at radius 1 is 0.864 bits per heavy atom. The van der Waals surface area contributed by atoms with Crippen LogP contribution in [0, 0.1) is 5.92 Å². The molecule has 4 nitrogen and oxygen atoms in total. The first kappa shape index (κ1) is 17.3. The monoisotopic (exact) mass is 308 g/mol. The van der Waals surface area contributed by atoms with Crippen LogP contribution in [0.4, 0.5) is 0 Å². The smallest absolute Gasteiger partial charge is 0.186 e. The van der Waals surface area contributed by atoms with Crippen LogP contribution in [0.25, 0.3) is 0 Å². The van der Waals surface area contributed by atoms with Crippen molar-refractivity contribution in [3.8, 4) is 0 Å². The van der Waals surface area contributed by atoms with Gasteiger partial charge in [0.1, 0.15) is 13.2 Å². The van der Waals surface area contributed by atoms with E-state index >= 15 is 0 Å². The average molecular weight is 308 g/mol. The number of hydrogen-bond donors (Lipinski definition) is 0. The molecule has 0 saturated heterocycles. The predicted molar refractivity (Wildman–Crippen MR) is 91.8 cm³/mol. The summed E-state index contributed by atoms with van der Waals surface area (Å²) < 4.78 is 11.1. The van der Waals surface area contributed by atoms with Crippen molar-refractivity contribution in [3.63, 3.8) is 0 Å². The highest BCUT2D eigenvalue weighted by Gasteiger charge is 2.19. The molecular weight excluding hydrogens is 276 g/mol. The van der Waals surface area contributed by atoms with Gasteiger partial charge in [-0.2, -0.15) is 0 Å². The third-order valence-corrected chi connectivity index (χ3v) is 4.46. The summed E-state index contributed by atoms with van der Waals surface area (Å²) in [6.45, 7) is 5.57. The van der Waals surface area contributed by atoms with E-state index in [0.717, 1.165) is 44.5 Å². The second-order valence-electron chi connectivity index (χ2n) is 6.34. The third-order valence-electron chi connectivity index (χ3n) is 4.46. The molecule has 1 atom stereocenters. The molecule has 0 bridgehead atoms. The fraction of sp³-hybridized carbons (Fsp3) is 0.889. The Hall–Kier alpha value is -1.06. The minimum Gasteiger partial charge on any atom is -0.479 e. The summed E-state index contributed by atoms with van der Waals surface area (Å²) in [6, 6.07) is 0. The van der Waals surface area contributed by atoms with Crippen LogP contribution in [-0.2, 0) is 9.47 Å². The van der Waals surface area contributed by atoms with E-state index in [1.807, 2.05) is 0 Å². The molecule has 2 heterocycles. The maximum atomic E-state index is 5.69. The molecule has 0 saturated carbocycles. The van der Waals surface area contributed by atoms with Gasteiger partial charge in [-0.05, 0) is 19.3 Å². The number of aliphatic imine (C=N–C) groups is 2. The van der Waals surface area contributed by atoms with Crippen LogP contribution in [0.1, 0.15) is 71.1 Å². The SMILES string of the molecule is CCCCC(CCCCCCCC1=NCCO1)C1=NCCO1. The van der Waals surface area contributed by atoms with Gasteiger partial charge in [0.2, 0.25) is 0 Å². The lowest BCUT2D eigenvalue weighted by molar-refractivity contribution is 0.310. The summed E-state index contributed by atoms with van der Waals surface area (Å²) in [5, 5.41) is 0. The normalized spacial score (nSPS) is 18.6. The zero-order valence-electron chi connectivity index (χ0n) is 14.2. The van der Waals surface area contributed by atoms with Crippen LogP contribution >= 0.6 is 0 Å². The van der Waals surface area contributed by atoms with E-state index < -0.39 is 0 Å². The summed E-state index contributed by atoms with van der Waals surface area (Å²) in [7, 11) is 0. The fourth-order valence-electron chi connectivity index (χ4n) is 3.17. The molecule has 0 N–H and O–H groups in total. The highest BCUT2D eigenvalue weighted by atomic mass is 16.5. The lowest BCUT2D eigenvalue weighted by Crippen LogP contribution is -2.15. The Morgan fingerprint density at radius 3 is 2.32 bits per heavy atom. The molecule has 0 radical (unpaired) electrons. The van der Waals surface area contributed by atoms with E-state index in [1.54, 1.807) is 0 Å². The molecule has 1 unspecified atom stereocenters. The van der Waals surface area contributed by atoms with Gasteiger partial charge in [0, 0.05) is 12.3 Å². The molecule has 2 rings (SSSR count). The standard InChI is InChI=1S/C18H32N2O2/c1-2-3-9-16(18-20-13-15-22-18)10-7-5-4-6-8-11-17-19-12-14-21-17/h16H,2-15H2,1H3. The summed E-state index contributed by atoms with van der Waals surface area (Å²) >= 11 is 0. The van der Waals surface area contributed by atoms with Crippen molar-refractivity contribution >= 4 is 11.8 Å². The Morgan fingerprint density at radius 2 is 1.59 bits per heavy atom. The van der Waals surface area contributed by atoms with Gasteiger partial charge in [-0.15, -0.1) is 0 Å². The van der Waals surface area contributed by atoms with Crippen molar-refractivity contribution in [2.45, 2.75) is 71.1 Å².